The molecule has 3 aromatic rings. The van der Waals surface area contributed by atoms with Crippen LogP contribution in [-0.4, -0.2) is 36.5 Å². The van der Waals surface area contributed by atoms with Crippen molar-refractivity contribution in [2.24, 2.45) is 0 Å². The fourth-order valence-electron chi connectivity index (χ4n) is 3.48. The summed E-state index contributed by atoms with van der Waals surface area (Å²) in [5, 5.41) is 3.97. The number of rotatable bonds is 6. The molecule has 146 valence electrons. The van der Waals surface area contributed by atoms with Crippen molar-refractivity contribution in [2.75, 3.05) is 13.6 Å². The van der Waals surface area contributed by atoms with E-state index in [0.29, 0.717) is 23.0 Å². The maximum absolute atomic E-state index is 12.9. The van der Waals surface area contributed by atoms with Gasteiger partial charge in [0.1, 0.15) is 0 Å². The molecule has 1 heterocycles. The highest BCUT2D eigenvalue weighted by molar-refractivity contribution is 7.89. The molecule has 7 heteroatoms. The van der Waals surface area contributed by atoms with Gasteiger partial charge in [-0.05, 0) is 61.1 Å². The Morgan fingerprint density at radius 2 is 1.79 bits per heavy atom. The Balaban J connectivity index is 1.44. The Kier molecular flexibility index (Phi) is 5.28. The molecule has 6 nitrogen and oxygen atoms in total. The van der Waals surface area contributed by atoms with Crippen molar-refractivity contribution >= 4 is 10.0 Å². The Bertz CT molecular complexity index is 1060. The lowest BCUT2D eigenvalue weighted by molar-refractivity contribution is 0.415. The summed E-state index contributed by atoms with van der Waals surface area (Å²) in [4.78, 5) is 4.72. The van der Waals surface area contributed by atoms with E-state index >= 15 is 0 Å². The maximum atomic E-state index is 12.9. The van der Waals surface area contributed by atoms with E-state index in [9.17, 15) is 8.42 Å². The minimum atomic E-state index is -3.54. The molecule has 1 aliphatic rings. The van der Waals surface area contributed by atoms with Gasteiger partial charge in [0.05, 0.1) is 4.90 Å². The van der Waals surface area contributed by atoms with Gasteiger partial charge in [0.15, 0.2) is 5.82 Å². The summed E-state index contributed by atoms with van der Waals surface area (Å²) < 4.78 is 32.5. The first-order valence-electron chi connectivity index (χ1n) is 9.50. The second-order valence-corrected chi connectivity index (χ2v) is 9.14. The number of likely N-dealkylation sites (N-methyl/N-ethyl adjacent to an activating group) is 1. The lowest BCUT2D eigenvalue weighted by Gasteiger charge is -2.20. The van der Waals surface area contributed by atoms with Gasteiger partial charge in [-0.2, -0.15) is 4.98 Å². The van der Waals surface area contributed by atoms with Gasteiger partial charge in [-0.25, -0.2) is 12.7 Å². The molecule has 28 heavy (non-hydrogen) atoms. The summed E-state index contributed by atoms with van der Waals surface area (Å²) in [6.45, 7) is 0.285. The highest BCUT2D eigenvalue weighted by atomic mass is 32.2. The van der Waals surface area contributed by atoms with Crippen LogP contribution in [0.25, 0.3) is 11.5 Å². The molecule has 0 spiro atoms. The van der Waals surface area contributed by atoms with Crippen LogP contribution in [0.1, 0.15) is 29.8 Å². The SMILES string of the molecule is CN(CCc1noc(-c2ccccc2)n1)S(=O)(=O)c1ccc2c(c1)CCCC2. The molecule has 0 radical (unpaired) electrons. The molecular formula is C21H23N3O3S. The highest BCUT2D eigenvalue weighted by Crippen LogP contribution is 2.25. The number of fused-ring (bicyclic) bond motifs is 1. The molecule has 0 saturated carbocycles. The van der Waals surface area contributed by atoms with Gasteiger partial charge in [0.2, 0.25) is 10.0 Å². The second kappa shape index (κ2) is 7.85. The van der Waals surface area contributed by atoms with E-state index in [0.717, 1.165) is 30.4 Å². The average molecular weight is 398 g/mol. The first kappa shape index (κ1) is 18.8. The summed E-state index contributed by atoms with van der Waals surface area (Å²) in [5.41, 5.74) is 3.27. The average Bonchev–Trinajstić information content (AvgIpc) is 3.21. The molecule has 1 aromatic heterocycles. The van der Waals surface area contributed by atoms with E-state index < -0.39 is 10.0 Å². The first-order chi connectivity index (χ1) is 13.5. The minimum Gasteiger partial charge on any atom is -0.334 e. The van der Waals surface area contributed by atoms with E-state index in [2.05, 4.69) is 10.1 Å². The van der Waals surface area contributed by atoms with E-state index in [-0.39, 0.29) is 6.54 Å². The third-order valence-electron chi connectivity index (χ3n) is 5.17. The Labute approximate surface area is 165 Å². The molecule has 4 rings (SSSR count). The van der Waals surface area contributed by atoms with Gasteiger partial charge in [0, 0.05) is 25.6 Å². The number of nitrogens with zero attached hydrogens (tertiary/aromatic N) is 3. The molecule has 0 N–H and O–H groups in total. The summed E-state index contributed by atoms with van der Waals surface area (Å²) >= 11 is 0. The quantitative estimate of drug-likeness (QED) is 0.636. The number of sulfonamides is 1. The van der Waals surface area contributed by atoms with Gasteiger partial charge >= 0.3 is 0 Å². The maximum Gasteiger partial charge on any atom is 0.257 e. The van der Waals surface area contributed by atoms with Crippen LogP contribution in [0.15, 0.2) is 57.9 Å². The predicted molar refractivity (Wildman–Crippen MR) is 106 cm³/mol. The second-order valence-electron chi connectivity index (χ2n) is 7.10. The van der Waals surface area contributed by atoms with Crippen LogP contribution < -0.4 is 0 Å². The summed E-state index contributed by atoms with van der Waals surface area (Å²) in [6.07, 6.45) is 4.67. The zero-order valence-corrected chi connectivity index (χ0v) is 16.7. The first-order valence-corrected chi connectivity index (χ1v) is 10.9. The van der Waals surface area contributed by atoms with Gasteiger partial charge in [0.25, 0.3) is 5.89 Å². The smallest absolute Gasteiger partial charge is 0.257 e. The van der Waals surface area contributed by atoms with E-state index in [1.165, 1.54) is 16.3 Å². The normalized spacial score (nSPS) is 14.2. The van der Waals surface area contributed by atoms with Crippen molar-refractivity contribution in [3.05, 3.63) is 65.5 Å². The number of aryl methyl sites for hydroxylation is 2. The molecule has 0 fully saturated rings. The van der Waals surface area contributed by atoms with E-state index in [1.54, 1.807) is 13.1 Å². The monoisotopic (exact) mass is 397 g/mol. The molecular weight excluding hydrogens is 374 g/mol. The van der Waals surface area contributed by atoms with Crippen LogP contribution in [0, 0.1) is 0 Å². The van der Waals surface area contributed by atoms with E-state index in [4.69, 9.17) is 4.52 Å². The Morgan fingerprint density at radius 3 is 2.57 bits per heavy atom. The molecule has 2 aromatic carbocycles. The van der Waals surface area contributed by atoms with Crippen molar-refractivity contribution in [3.8, 4) is 11.5 Å². The standard InChI is InChI=1S/C21H23N3O3S/c1-24(14-13-20-22-21(27-23-20)17-8-3-2-4-9-17)28(25,26)19-12-11-16-7-5-6-10-18(16)15-19/h2-4,8-9,11-12,15H,5-7,10,13-14H2,1H3. The van der Waals surface area contributed by atoms with Crippen molar-refractivity contribution in [3.63, 3.8) is 0 Å². The minimum absolute atomic E-state index is 0.285. The van der Waals surface area contributed by atoms with E-state index in [1.807, 2.05) is 42.5 Å². The third kappa shape index (κ3) is 3.86. The van der Waals surface area contributed by atoms with Crippen molar-refractivity contribution in [2.45, 2.75) is 37.0 Å². The van der Waals surface area contributed by atoms with Gasteiger partial charge in [-0.3, -0.25) is 0 Å². The fraction of sp³-hybridized carbons (Fsp3) is 0.333. The Morgan fingerprint density at radius 1 is 1.04 bits per heavy atom. The van der Waals surface area contributed by atoms with Gasteiger partial charge in [-0.15, -0.1) is 0 Å². The number of benzene rings is 2. The third-order valence-corrected chi connectivity index (χ3v) is 7.02. The fourth-order valence-corrected chi connectivity index (χ4v) is 4.70. The molecule has 0 amide bonds. The Hall–Kier alpha value is -2.51. The highest BCUT2D eigenvalue weighted by Gasteiger charge is 2.23. The largest absolute Gasteiger partial charge is 0.334 e. The number of hydrogen-bond donors (Lipinski definition) is 0. The molecule has 0 atom stereocenters. The van der Waals surface area contributed by atoms with Crippen molar-refractivity contribution in [1.29, 1.82) is 0 Å². The van der Waals surface area contributed by atoms with Gasteiger partial charge in [-0.1, -0.05) is 29.4 Å². The zero-order valence-electron chi connectivity index (χ0n) is 15.8. The molecule has 0 unspecified atom stereocenters. The van der Waals surface area contributed by atoms with Crippen LogP contribution in [0.2, 0.25) is 0 Å². The molecule has 0 bridgehead atoms. The van der Waals surface area contributed by atoms with Gasteiger partial charge < -0.3 is 4.52 Å². The molecule has 1 aliphatic carbocycles. The molecule has 0 aliphatic heterocycles. The topological polar surface area (TPSA) is 76.3 Å². The van der Waals surface area contributed by atoms with Crippen LogP contribution in [0.4, 0.5) is 0 Å². The van der Waals surface area contributed by atoms with Crippen LogP contribution in [-0.2, 0) is 29.3 Å². The van der Waals surface area contributed by atoms with Crippen LogP contribution in [0.3, 0.4) is 0 Å². The molecule has 0 saturated heterocycles. The summed E-state index contributed by atoms with van der Waals surface area (Å²) in [7, 11) is -1.95. The summed E-state index contributed by atoms with van der Waals surface area (Å²) in [5.74, 6) is 0.933. The number of aromatic nitrogens is 2. The van der Waals surface area contributed by atoms with Crippen molar-refractivity contribution in [1.82, 2.24) is 14.4 Å². The van der Waals surface area contributed by atoms with Crippen LogP contribution in [0.5, 0.6) is 0 Å². The summed E-state index contributed by atoms with van der Waals surface area (Å²) in [6, 6.07) is 15.0. The van der Waals surface area contributed by atoms with Crippen molar-refractivity contribution < 1.29 is 12.9 Å². The zero-order chi connectivity index (χ0) is 19.6. The van der Waals surface area contributed by atoms with Crippen LogP contribution >= 0.6 is 0 Å². The number of hydrogen-bond acceptors (Lipinski definition) is 5. The predicted octanol–water partition coefficient (Wildman–Crippen LogP) is 3.48. The lowest BCUT2D eigenvalue weighted by atomic mass is 9.92. The lowest BCUT2D eigenvalue weighted by Crippen LogP contribution is -2.29.